The number of hydrogen-bond acceptors (Lipinski definition) is 4. The van der Waals surface area contributed by atoms with Gasteiger partial charge in [0.2, 0.25) is 10.0 Å². The van der Waals surface area contributed by atoms with Gasteiger partial charge >= 0.3 is 0 Å². The predicted octanol–water partition coefficient (Wildman–Crippen LogP) is 0.407. The van der Waals surface area contributed by atoms with E-state index < -0.39 is 10.0 Å². The molecule has 1 rings (SSSR count). The summed E-state index contributed by atoms with van der Waals surface area (Å²) in [5.74, 6) is 0. The van der Waals surface area contributed by atoms with Crippen molar-refractivity contribution in [3.63, 3.8) is 0 Å². The highest BCUT2D eigenvalue weighted by atomic mass is 32.2. The van der Waals surface area contributed by atoms with Crippen LogP contribution in [0, 0.1) is 0 Å². The molecule has 2 N–H and O–H groups in total. The van der Waals surface area contributed by atoms with Gasteiger partial charge in [0.15, 0.2) is 0 Å². The third kappa shape index (κ3) is 4.06. The fourth-order valence-corrected chi connectivity index (χ4v) is 3.28. The Morgan fingerprint density at radius 3 is 2.50 bits per heavy atom. The van der Waals surface area contributed by atoms with Crippen LogP contribution in [0.5, 0.6) is 0 Å². The molecule has 0 radical (unpaired) electrons. The molecule has 5 nitrogen and oxygen atoms in total. The lowest BCUT2D eigenvalue weighted by atomic mass is 10.2. The minimum atomic E-state index is -3.58. The standard InChI is InChI=1S/C12H20N2O3S/c1-10(8-14(2)3)13-18(16,17)12-7-5-4-6-11(12)9-15/h4-7,10,13,15H,8-9H2,1-3H3. The molecule has 0 aliphatic rings. The van der Waals surface area contributed by atoms with E-state index in [0.29, 0.717) is 12.1 Å². The molecule has 0 heterocycles. The fourth-order valence-electron chi connectivity index (χ4n) is 1.81. The quantitative estimate of drug-likeness (QED) is 0.787. The Kier molecular flexibility index (Phi) is 5.28. The molecule has 1 aromatic rings. The molecule has 0 bridgehead atoms. The molecule has 1 aromatic carbocycles. The lowest BCUT2D eigenvalue weighted by Gasteiger charge is -2.19. The number of likely N-dealkylation sites (N-methyl/N-ethyl adjacent to an activating group) is 1. The first kappa shape index (κ1) is 15.1. The van der Waals surface area contributed by atoms with E-state index >= 15 is 0 Å². The van der Waals surface area contributed by atoms with E-state index in [1.54, 1.807) is 25.1 Å². The Bertz CT molecular complexity index is 486. The number of aliphatic hydroxyl groups excluding tert-OH is 1. The highest BCUT2D eigenvalue weighted by Crippen LogP contribution is 2.15. The van der Waals surface area contributed by atoms with Gasteiger partial charge < -0.3 is 10.0 Å². The summed E-state index contributed by atoms with van der Waals surface area (Å²) >= 11 is 0. The second-order valence-corrected chi connectivity index (χ2v) is 6.23. The molecule has 0 fully saturated rings. The van der Waals surface area contributed by atoms with Crippen LogP contribution in [0.25, 0.3) is 0 Å². The van der Waals surface area contributed by atoms with Crippen LogP contribution in [0.4, 0.5) is 0 Å². The Morgan fingerprint density at radius 2 is 1.94 bits per heavy atom. The van der Waals surface area contributed by atoms with Crippen molar-refractivity contribution in [1.82, 2.24) is 9.62 Å². The number of hydrogen-bond donors (Lipinski definition) is 2. The van der Waals surface area contributed by atoms with Crippen molar-refractivity contribution in [3.8, 4) is 0 Å². The monoisotopic (exact) mass is 272 g/mol. The average molecular weight is 272 g/mol. The molecular formula is C12H20N2O3S. The lowest BCUT2D eigenvalue weighted by molar-refractivity contribution is 0.278. The van der Waals surface area contributed by atoms with Gasteiger partial charge in [0.1, 0.15) is 0 Å². The van der Waals surface area contributed by atoms with Crippen LogP contribution in [-0.4, -0.2) is 45.1 Å². The van der Waals surface area contributed by atoms with Gasteiger partial charge in [-0.3, -0.25) is 0 Å². The highest BCUT2D eigenvalue weighted by Gasteiger charge is 2.20. The Hall–Kier alpha value is -0.950. The minimum Gasteiger partial charge on any atom is -0.392 e. The maximum atomic E-state index is 12.2. The summed E-state index contributed by atoms with van der Waals surface area (Å²) in [6, 6.07) is 6.25. The minimum absolute atomic E-state index is 0.137. The normalized spacial score (nSPS) is 13.8. The van der Waals surface area contributed by atoms with Crippen molar-refractivity contribution < 1.29 is 13.5 Å². The third-order valence-corrected chi connectivity index (χ3v) is 4.12. The second kappa shape index (κ2) is 6.29. The Balaban J connectivity index is 2.93. The highest BCUT2D eigenvalue weighted by molar-refractivity contribution is 7.89. The second-order valence-electron chi connectivity index (χ2n) is 4.55. The summed E-state index contributed by atoms with van der Waals surface area (Å²) in [6.07, 6.45) is 0. The molecule has 0 spiro atoms. The van der Waals surface area contributed by atoms with E-state index in [-0.39, 0.29) is 17.5 Å². The van der Waals surface area contributed by atoms with Crippen LogP contribution >= 0.6 is 0 Å². The number of nitrogens with one attached hydrogen (secondary N) is 1. The molecule has 0 saturated carbocycles. The van der Waals surface area contributed by atoms with Crippen molar-refractivity contribution in [2.75, 3.05) is 20.6 Å². The van der Waals surface area contributed by atoms with Crippen molar-refractivity contribution in [3.05, 3.63) is 29.8 Å². The van der Waals surface area contributed by atoms with Gasteiger partial charge in [-0.1, -0.05) is 18.2 Å². The van der Waals surface area contributed by atoms with Crippen LogP contribution in [0.3, 0.4) is 0 Å². The fraction of sp³-hybridized carbons (Fsp3) is 0.500. The Labute approximate surface area is 108 Å². The summed E-state index contributed by atoms with van der Waals surface area (Å²) in [4.78, 5) is 2.05. The van der Waals surface area contributed by atoms with E-state index in [1.165, 1.54) is 6.07 Å². The van der Waals surface area contributed by atoms with Gasteiger partial charge in [0, 0.05) is 12.6 Å². The van der Waals surface area contributed by atoms with Crippen molar-refractivity contribution >= 4 is 10.0 Å². The van der Waals surface area contributed by atoms with Crippen molar-refractivity contribution in [2.24, 2.45) is 0 Å². The largest absolute Gasteiger partial charge is 0.392 e. The number of sulfonamides is 1. The molecular weight excluding hydrogens is 252 g/mol. The van der Waals surface area contributed by atoms with Crippen LogP contribution in [0.1, 0.15) is 12.5 Å². The van der Waals surface area contributed by atoms with Crippen LogP contribution in [0.2, 0.25) is 0 Å². The number of rotatable bonds is 6. The van der Waals surface area contributed by atoms with Gasteiger partial charge in [-0.25, -0.2) is 13.1 Å². The first-order valence-corrected chi connectivity index (χ1v) is 7.21. The summed E-state index contributed by atoms with van der Waals surface area (Å²) in [5.41, 5.74) is 0.405. The molecule has 0 saturated heterocycles. The number of benzene rings is 1. The SMILES string of the molecule is CC(CN(C)C)NS(=O)(=O)c1ccccc1CO. The van der Waals surface area contributed by atoms with Crippen LogP contribution < -0.4 is 4.72 Å². The summed E-state index contributed by atoms with van der Waals surface area (Å²) in [5, 5.41) is 9.16. The molecule has 1 atom stereocenters. The van der Waals surface area contributed by atoms with Crippen LogP contribution in [-0.2, 0) is 16.6 Å². The zero-order chi connectivity index (χ0) is 13.8. The molecule has 0 aliphatic carbocycles. The molecule has 0 amide bonds. The lowest BCUT2D eigenvalue weighted by Crippen LogP contribution is -2.39. The molecule has 18 heavy (non-hydrogen) atoms. The molecule has 0 aromatic heterocycles. The van der Waals surface area contributed by atoms with Crippen LogP contribution in [0.15, 0.2) is 29.2 Å². The van der Waals surface area contributed by atoms with Gasteiger partial charge in [-0.05, 0) is 32.6 Å². The summed E-state index contributed by atoms with van der Waals surface area (Å²) in [7, 11) is 0.178. The zero-order valence-electron chi connectivity index (χ0n) is 10.9. The van der Waals surface area contributed by atoms with E-state index in [0.717, 1.165) is 0 Å². The zero-order valence-corrected chi connectivity index (χ0v) is 11.7. The molecule has 6 heteroatoms. The summed E-state index contributed by atoms with van der Waals surface area (Å²) in [6.45, 7) is 2.12. The third-order valence-electron chi connectivity index (χ3n) is 2.43. The molecule has 102 valence electrons. The first-order chi connectivity index (χ1) is 8.36. The number of aliphatic hydroxyl groups is 1. The van der Waals surface area contributed by atoms with Gasteiger partial charge in [-0.2, -0.15) is 0 Å². The van der Waals surface area contributed by atoms with Crippen molar-refractivity contribution in [1.29, 1.82) is 0 Å². The van der Waals surface area contributed by atoms with E-state index in [4.69, 9.17) is 5.11 Å². The number of nitrogens with zero attached hydrogens (tertiary/aromatic N) is 1. The molecule has 0 aliphatic heterocycles. The maximum Gasteiger partial charge on any atom is 0.241 e. The Morgan fingerprint density at radius 1 is 1.33 bits per heavy atom. The maximum absolute atomic E-state index is 12.2. The van der Waals surface area contributed by atoms with E-state index in [1.807, 2.05) is 19.0 Å². The molecule has 1 unspecified atom stereocenters. The van der Waals surface area contributed by atoms with Crippen molar-refractivity contribution in [2.45, 2.75) is 24.5 Å². The predicted molar refractivity (Wildman–Crippen MR) is 70.7 cm³/mol. The van der Waals surface area contributed by atoms with Gasteiger partial charge in [0.05, 0.1) is 11.5 Å². The smallest absolute Gasteiger partial charge is 0.241 e. The average Bonchev–Trinajstić information content (AvgIpc) is 2.27. The van der Waals surface area contributed by atoms with E-state index in [9.17, 15) is 8.42 Å². The summed E-state index contributed by atoms with van der Waals surface area (Å²) < 4.78 is 26.9. The van der Waals surface area contributed by atoms with Gasteiger partial charge in [-0.15, -0.1) is 0 Å². The van der Waals surface area contributed by atoms with Gasteiger partial charge in [0.25, 0.3) is 0 Å². The van der Waals surface area contributed by atoms with E-state index in [2.05, 4.69) is 4.72 Å². The first-order valence-electron chi connectivity index (χ1n) is 5.72. The topological polar surface area (TPSA) is 69.6 Å².